The van der Waals surface area contributed by atoms with Gasteiger partial charge in [-0.2, -0.15) is 0 Å². The largest absolute Gasteiger partial charge is 0.457 e. The average Bonchev–Trinajstić information content (AvgIpc) is 3.33. The van der Waals surface area contributed by atoms with Gasteiger partial charge in [0.05, 0.1) is 16.9 Å². The molecule has 0 atom stereocenters. The molecule has 0 saturated heterocycles. The minimum absolute atomic E-state index is 0. The standard InChI is InChI=1S/C34H40F2N3O4P.H2/c1-23-30(24(2)38-20-25-16-27(35)18-28(36)17-25)10-9-11-32(23)41-29-12-14-37-31(19-29)26-13-15-39(21-26)22-44(40,42-33(3,4)5)43-34(6,7)8;/h9-19,21,38H,2,20,22H2,1,3-8H3;1H. The number of hydrogen-bond donors (Lipinski definition) is 1. The van der Waals surface area contributed by atoms with Gasteiger partial charge in [-0.1, -0.05) is 18.7 Å². The second kappa shape index (κ2) is 13.1. The molecule has 236 valence electrons. The number of hydrogen-bond acceptors (Lipinski definition) is 6. The smallest absolute Gasteiger partial charge is 0.351 e. The van der Waals surface area contributed by atoms with Crippen LogP contribution in [0, 0.1) is 18.6 Å². The van der Waals surface area contributed by atoms with Crippen LogP contribution >= 0.6 is 7.60 Å². The fraction of sp³-hybridized carbons (Fsp3) is 0.324. The number of nitrogens with one attached hydrogen (secondary N) is 1. The monoisotopic (exact) mass is 625 g/mol. The van der Waals surface area contributed by atoms with Crippen molar-refractivity contribution in [2.45, 2.75) is 72.5 Å². The van der Waals surface area contributed by atoms with Gasteiger partial charge in [-0.15, -0.1) is 0 Å². The Bertz CT molecular complexity index is 1660. The molecule has 44 heavy (non-hydrogen) atoms. The number of aromatic nitrogens is 2. The Morgan fingerprint density at radius 2 is 1.66 bits per heavy atom. The van der Waals surface area contributed by atoms with Crippen LogP contribution in [0.15, 0.2) is 79.8 Å². The number of rotatable bonds is 11. The zero-order valence-corrected chi connectivity index (χ0v) is 27.2. The van der Waals surface area contributed by atoms with E-state index < -0.39 is 30.4 Å². The van der Waals surface area contributed by atoms with Crippen molar-refractivity contribution in [1.29, 1.82) is 0 Å². The highest BCUT2D eigenvalue weighted by molar-refractivity contribution is 7.52. The van der Waals surface area contributed by atoms with Crippen molar-refractivity contribution in [3.8, 4) is 22.8 Å². The molecule has 0 bridgehead atoms. The summed E-state index contributed by atoms with van der Waals surface area (Å²) >= 11 is 0. The lowest BCUT2D eigenvalue weighted by Crippen LogP contribution is -2.25. The number of ether oxygens (including phenoxy) is 1. The topological polar surface area (TPSA) is 74.6 Å². The molecular weight excluding hydrogens is 583 g/mol. The van der Waals surface area contributed by atoms with Crippen LogP contribution < -0.4 is 10.1 Å². The molecule has 7 nitrogen and oxygen atoms in total. The molecule has 0 aliphatic rings. The van der Waals surface area contributed by atoms with Crippen molar-refractivity contribution in [3.05, 3.63) is 108 Å². The Hall–Kier alpha value is -3.78. The summed E-state index contributed by atoms with van der Waals surface area (Å²) in [5.41, 5.74) is 2.90. The lowest BCUT2D eigenvalue weighted by atomic mass is 10.0. The quantitative estimate of drug-likeness (QED) is 0.167. The van der Waals surface area contributed by atoms with E-state index in [1.807, 2.05) is 91.2 Å². The third-order valence-electron chi connectivity index (χ3n) is 6.21. The maximum atomic E-state index is 13.7. The molecule has 2 heterocycles. The van der Waals surface area contributed by atoms with E-state index in [4.69, 9.17) is 13.8 Å². The van der Waals surface area contributed by atoms with E-state index in [2.05, 4.69) is 16.9 Å². The molecule has 0 aliphatic carbocycles. The molecule has 4 rings (SSSR count). The Balaban J connectivity index is 0.00000552. The summed E-state index contributed by atoms with van der Waals surface area (Å²) in [7, 11) is -3.49. The fourth-order valence-corrected chi connectivity index (χ4v) is 7.02. The molecule has 0 aliphatic heterocycles. The van der Waals surface area contributed by atoms with E-state index in [1.165, 1.54) is 12.1 Å². The minimum atomic E-state index is -3.49. The zero-order valence-electron chi connectivity index (χ0n) is 26.3. The van der Waals surface area contributed by atoms with Gasteiger partial charge in [0, 0.05) is 61.1 Å². The normalized spacial score (nSPS) is 12.3. The average molecular weight is 626 g/mol. The second-order valence-electron chi connectivity index (χ2n) is 12.6. The lowest BCUT2D eigenvalue weighted by molar-refractivity contribution is 0.0463. The van der Waals surface area contributed by atoms with Gasteiger partial charge >= 0.3 is 7.60 Å². The summed E-state index contributed by atoms with van der Waals surface area (Å²) in [6, 6.07) is 14.5. The maximum absolute atomic E-state index is 13.7. The first-order valence-electron chi connectivity index (χ1n) is 14.3. The molecule has 2 aromatic heterocycles. The van der Waals surface area contributed by atoms with Crippen LogP contribution in [0.3, 0.4) is 0 Å². The van der Waals surface area contributed by atoms with Gasteiger partial charge in [0.25, 0.3) is 0 Å². The highest BCUT2D eigenvalue weighted by atomic mass is 31.2. The summed E-state index contributed by atoms with van der Waals surface area (Å²) in [4.78, 5) is 4.51. The first kappa shape index (κ1) is 33.1. The van der Waals surface area contributed by atoms with Crippen molar-refractivity contribution >= 4 is 13.3 Å². The molecular formula is C34H42F2N3O4P. The fourth-order valence-electron chi connectivity index (χ4n) is 4.62. The number of halogens is 2. The molecule has 10 heteroatoms. The number of benzene rings is 2. The Kier molecular flexibility index (Phi) is 9.83. The molecule has 0 fully saturated rings. The molecule has 0 unspecified atom stereocenters. The van der Waals surface area contributed by atoms with Gasteiger partial charge in [0.1, 0.15) is 29.4 Å². The van der Waals surface area contributed by atoms with Crippen LogP contribution in [-0.2, 0) is 26.4 Å². The minimum Gasteiger partial charge on any atom is -0.457 e. The van der Waals surface area contributed by atoms with Crippen molar-refractivity contribution in [2.24, 2.45) is 0 Å². The highest BCUT2D eigenvalue weighted by Crippen LogP contribution is 2.55. The SMILES string of the molecule is C=C(NCc1cc(F)cc(F)c1)c1cccc(Oc2ccnc(-c3ccn(CP(=O)(OC(C)(C)C)OC(C)(C)C)c3)c2)c1C.[HH]. The molecule has 0 radical (unpaired) electrons. The van der Waals surface area contributed by atoms with Gasteiger partial charge in [-0.25, -0.2) is 8.78 Å². The predicted octanol–water partition coefficient (Wildman–Crippen LogP) is 9.72. The molecule has 2 aromatic carbocycles. The van der Waals surface area contributed by atoms with Gasteiger partial charge in [0.15, 0.2) is 0 Å². The lowest BCUT2D eigenvalue weighted by Gasteiger charge is -2.32. The third-order valence-corrected chi connectivity index (χ3v) is 8.53. The Morgan fingerprint density at radius 1 is 1.00 bits per heavy atom. The van der Waals surface area contributed by atoms with Gasteiger partial charge < -0.3 is 23.7 Å². The van der Waals surface area contributed by atoms with Crippen LogP contribution in [0.25, 0.3) is 17.0 Å². The van der Waals surface area contributed by atoms with Crippen LogP contribution in [0.1, 0.15) is 59.7 Å². The van der Waals surface area contributed by atoms with Crippen LogP contribution in [0.5, 0.6) is 11.5 Å². The van der Waals surface area contributed by atoms with Gasteiger partial charge in [-0.05, 0) is 84.4 Å². The van der Waals surface area contributed by atoms with Crippen molar-refractivity contribution < 1.29 is 28.6 Å². The zero-order chi connectivity index (χ0) is 32.3. The number of nitrogens with zero attached hydrogens (tertiary/aromatic N) is 2. The van der Waals surface area contributed by atoms with E-state index in [0.29, 0.717) is 28.5 Å². The van der Waals surface area contributed by atoms with Crippen LogP contribution in [-0.4, -0.2) is 20.8 Å². The first-order chi connectivity index (χ1) is 20.5. The van der Waals surface area contributed by atoms with Crippen LogP contribution in [0.2, 0.25) is 0 Å². The molecule has 1 N–H and O–H groups in total. The van der Waals surface area contributed by atoms with Crippen LogP contribution in [0.4, 0.5) is 8.78 Å². The molecule has 0 saturated carbocycles. The van der Waals surface area contributed by atoms with Crippen molar-refractivity contribution in [1.82, 2.24) is 14.9 Å². The van der Waals surface area contributed by atoms with Crippen molar-refractivity contribution in [2.75, 3.05) is 0 Å². The highest BCUT2D eigenvalue weighted by Gasteiger charge is 2.35. The van der Waals surface area contributed by atoms with E-state index in [-0.39, 0.29) is 14.3 Å². The summed E-state index contributed by atoms with van der Waals surface area (Å²) in [6.07, 6.45) is 5.38. The number of pyridine rings is 1. The predicted molar refractivity (Wildman–Crippen MR) is 173 cm³/mol. The molecule has 4 aromatic rings. The first-order valence-corrected chi connectivity index (χ1v) is 16.0. The second-order valence-corrected chi connectivity index (χ2v) is 14.5. The van der Waals surface area contributed by atoms with E-state index in [1.54, 1.807) is 16.8 Å². The Labute approximate surface area is 259 Å². The van der Waals surface area contributed by atoms with E-state index in [9.17, 15) is 13.3 Å². The van der Waals surface area contributed by atoms with Gasteiger partial charge in [0.2, 0.25) is 0 Å². The van der Waals surface area contributed by atoms with Gasteiger partial charge in [-0.3, -0.25) is 9.55 Å². The maximum Gasteiger partial charge on any atom is 0.351 e. The summed E-state index contributed by atoms with van der Waals surface area (Å²) in [5, 5.41) is 3.14. The molecule has 0 spiro atoms. The third kappa shape index (κ3) is 9.36. The summed E-state index contributed by atoms with van der Waals surface area (Å²) in [6.45, 7) is 17.3. The molecule has 0 amide bonds. The summed E-state index contributed by atoms with van der Waals surface area (Å²) in [5.74, 6) is -0.0565. The van der Waals surface area contributed by atoms with Crippen molar-refractivity contribution in [3.63, 3.8) is 0 Å². The Morgan fingerprint density at radius 3 is 2.30 bits per heavy atom. The summed E-state index contributed by atoms with van der Waals surface area (Å²) < 4.78 is 60.8. The van der Waals surface area contributed by atoms with E-state index in [0.717, 1.165) is 22.8 Å². The van der Waals surface area contributed by atoms with E-state index >= 15 is 0 Å².